The van der Waals surface area contributed by atoms with Crippen LogP contribution in [-0.2, 0) is 0 Å². The van der Waals surface area contributed by atoms with Crippen LogP contribution in [0.1, 0.15) is 17.1 Å². The first-order chi connectivity index (χ1) is 7.58. The van der Waals surface area contributed by atoms with Crippen molar-refractivity contribution in [2.75, 3.05) is 0 Å². The SMILES string of the molecule is CC(S)c1sc(-c2cncc(F)c2)nc1Cl. The number of pyridine rings is 1. The van der Waals surface area contributed by atoms with Crippen LogP contribution in [0.3, 0.4) is 0 Å². The number of halogens is 2. The fraction of sp³-hybridized carbons (Fsp3) is 0.200. The normalized spacial score (nSPS) is 12.8. The van der Waals surface area contributed by atoms with Crippen LogP contribution in [0.5, 0.6) is 0 Å². The highest BCUT2D eigenvalue weighted by atomic mass is 35.5. The summed E-state index contributed by atoms with van der Waals surface area (Å²) in [5.74, 6) is -0.385. The van der Waals surface area contributed by atoms with Crippen molar-refractivity contribution in [2.24, 2.45) is 0 Å². The van der Waals surface area contributed by atoms with Gasteiger partial charge in [0.05, 0.1) is 11.1 Å². The van der Waals surface area contributed by atoms with E-state index in [0.717, 1.165) is 11.1 Å². The first-order valence-electron chi connectivity index (χ1n) is 4.53. The lowest BCUT2D eigenvalue weighted by molar-refractivity contribution is 0.622. The lowest BCUT2D eigenvalue weighted by Gasteiger charge is -1.97. The van der Waals surface area contributed by atoms with Gasteiger partial charge in [-0.05, 0) is 13.0 Å². The molecule has 2 heterocycles. The Morgan fingerprint density at radius 1 is 1.50 bits per heavy atom. The molecule has 0 aliphatic carbocycles. The fourth-order valence-electron chi connectivity index (χ4n) is 1.22. The van der Waals surface area contributed by atoms with Crippen molar-refractivity contribution >= 4 is 35.6 Å². The van der Waals surface area contributed by atoms with Crippen LogP contribution >= 0.6 is 35.6 Å². The molecule has 0 aromatic carbocycles. The second-order valence-electron chi connectivity index (χ2n) is 3.24. The lowest BCUT2D eigenvalue weighted by Crippen LogP contribution is -1.81. The minimum Gasteiger partial charge on any atom is -0.261 e. The second kappa shape index (κ2) is 4.69. The average Bonchev–Trinajstić information content (AvgIpc) is 2.60. The van der Waals surface area contributed by atoms with Gasteiger partial charge in [0.1, 0.15) is 16.0 Å². The van der Waals surface area contributed by atoms with Crippen LogP contribution in [0.25, 0.3) is 10.6 Å². The highest BCUT2D eigenvalue weighted by Crippen LogP contribution is 2.36. The maximum absolute atomic E-state index is 13.0. The minimum atomic E-state index is -0.385. The highest BCUT2D eigenvalue weighted by molar-refractivity contribution is 7.80. The zero-order chi connectivity index (χ0) is 11.7. The summed E-state index contributed by atoms with van der Waals surface area (Å²) in [7, 11) is 0. The monoisotopic (exact) mass is 274 g/mol. The Bertz CT molecular complexity index is 513. The van der Waals surface area contributed by atoms with Gasteiger partial charge < -0.3 is 0 Å². The number of nitrogens with zero attached hydrogens (tertiary/aromatic N) is 2. The van der Waals surface area contributed by atoms with Crippen LogP contribution in [0.4, 0.5) is 4.39 Å². The number of rotatable bonds is 2. The molecule has 2 aromatic heterocycles. The van der Waals surface area contributed by atoms with E-state index in [0.29, 0.717) is 15.7 Å². The van der Waals surface area contributed by atoms with Crippen LogP contribution in [0.2, 0.25) is 5.15 Å². The Kier molecular flexibility index (Phi) is 3.47. The summed E-state index contributed by atoms with van der Waals surface area (Å²) in [6, 6.07) is 1.38. The van der Waals surface area contributed by atoms with E-state index >= 15 is 0 Å². The van der Waals surface area contributed by atoms with E-state index in [1.807, 2.05) is 6.92 Å². The van der Waals surface area contributed by atoms with E-state index in [1.54, 1.807) is 6.20 Å². The molecule has 6 heteroatoms. The van der Waals surface area contributed by atoms with Crippen molar-refractivity contribution in [3.05, 3.63) is 34.3 Å². The third kappa shape index (κ3) is 2.36. The maximum atomic E-state index is 13.0. The first-order valence-corrected chi connectivity index (χ1v) is 6.24. The van der Waals surface area contributed by atoms with Gasteiger partial charge in [-0.2, -0.15) is 12.6 Å². The standard InChI is InChI=1S/C10H8ClFN2S2/c1-5(15)8-9(11)14-10(16-8)6-2-7(12)4-13-3-6/h2-5,15H,1H3. The molecule has 2 rings (SSSR count). The molecule has 0 saturated heterocycles. The third-order valence-corrected chi connectivity index (χ3v) is 4.06. The molecular weight excluding hydrogens is 267 g/mol. The number of hydrogen-bond donors (Lipinski definition) is 1. The molecule has 1 atom stereocenters. The lowest BCUT2D eigenvalue weighted by atomic mass is 10.3. The molecule has 0 spiro atoms. The molecule has 1 unspecified atom stereocenters. The van der Waals surface area contributed by atoms with Gasteiger partial charge >= 0.3 is 0 Å². The van der Waals surface area contributed by atoms with E-state index in [4.69, 9.17) is 11.6 Å². The highest BCUT2D eigenvalue weighted by Gasteiger charge is 2.14. The van der Waals surface area contributed by atoms with Crippen molar-refractivity contribution < 1.29 is 4.39 Å². The van der Waals surface area contributed by atoms with Gasteiger partial charge in [0.2, 0.25) is 0 Å². The summed E-state index contributed by atoms with van der Waals surface area (Å²) < 4.78 is 13.0. The summed E-state index contributed by atoms with van der Waals surface area (Å²) in [4.78, 5) is 8.82. The van der Waals surface area contributed by atoms with Crippen LogP contribution < -0.4 is 0 Å². The molecule has 0 fully saturated rings. The molecule has 16 heavy (non-hydrogen) atoms. The quantitative estimate of drug-likeness (QED) is 0.838. The molecule has 2 aromatic rings. The van der Waals surface area contributed by atoms with Gasteiger partial charge in [-0.15, -0.1) is 11.3 Å². The number of thiazole rings is 1. The molecule has 2 nitrogen and oxygen atoms in total. The minimum absolute atomic E-state index is 0.0141. The van der Waals surface area contributed by atoms with Gasteiger partial charge in [0.25, 0.3) is 0 Å². The molecule has 0 aliphatic rings. The summed E-state index contributed by atoms with van der Waals surface area (Å²) in [6.07, 6.45) is 2.71. The van der Waals surface area contributed by atoms with Crippen molar-refractivity contribution in [3.8, 4) is 10.6 Å². The first kappa shape index (κ1) is 11.8. The summed E-state index contributed by atoms with van der Waals surface area (Å²) in [5, 5.41) is 1.10. The van der Waals surface area contributed by atoms with E-state index in [9.17, 15) is 4.39 Å². The smallest absolute Gasteiger partial charge is 0.145 e. The van der Waals surface area contributed by atoms with Crippen molar-refractivity contribution in [1.82, 2.24) is 9.97 Å². The van der Waals surface area contributed by atoms with Gasteiger partial charge in [0.15, 0.2) is 0 Å². The topological polar surface area (TPSA) is 25.8 Å². The Labute approximate surface area is 107 Å². The van der Waals surface area contributed by atoms with Crippen LogP contribution in [0.15, 0.2) is 18.5 Å². The summed E-state index contributed by atoms with van der Waals surface area (Å²) in [5.41, 5.74) is 0.632. The second-order valence-corrected chi connectivity index (χ2v) is 5.41. The summed E-state index contributed by atoms with van der Waals surface area (Å²) >= 11 is 11.7. The van der Waals surface area contributed by atoms with Gasteiger partial charge in [-0.3, -0.25) is 4.98 Å². The number of aromatic nitrogens is 2. The van der Waals surface area contributed by atoms with Gasteiger partial charge in [-0.25, -0.2) is 9.37 Å². The van der Waals surface area contributed by atoms with Gasteiger partial charge in [-0.1, -0.05) is 11.6 Å². The van der Waals surface area contributed by atoms with Crippen LogP contribution in [0, 0.1) is 5.82 Å². The van der Waals surface area contributed by atoms with E-state index in [1.165, 1.54) is 17.4 Å². The third-order valence-electron chi connectivity index (χ3n) is 1.94. The van der Waals surface area contributed by atoms with E-state index in [2.05, 4.69) is 22.6 Å². The Balaban J connectivity index is 2.45. The molecule has 84 valence electrons. The molecule has 0 N–H and O–H groups in total. The molecule has 0 saturated carbocycles. The van der Waals surface area contributed by atoms with E-state index < -0.39 is 0 Å². The maximum Gasteiger partial charge on any atom is 0.145 e. The molecule has 0 bridgehead atoms. The molecule has 0 amide bonds. The predicted molar refractivity (Wildman–Crippen MR) is 67.7 cm³/mol. The van der Waals surface area contributed by atoms with Crippen molar-refractivity contribution in [2.45, 2.75) is 12.2 Å². The molecular formula is C10H8ClFN2S2. The average molecular weight is 275 g/mol. The predicted octanol–water partition coefficient (Wildman–Crippen LogP) is 3.99. The zero-order valence-electron chi connectivity index (χ0n) is 8.32. The Morgan fingerprint density at radius 3 is 2.81 bits per heavy atom. The number of hydrogen-bond acceptors (Lipinski definition) is 4. The zero-order valence-corrected chi connectivity index (χ0v) is 10.8. The van der Waals surface area contributed by atoms with Crippen molar-refractivity contribution in [1.29, 1.82) is 0 Å². The van der Waals surface area contributed by atoms with Gasteiger partial charge in [0, 0.05) is 17.0 Å². The van der Waals surface area contributed by atoms with E-state index in [-0.39, 0.29) is 11.1 Å². The molecule has 0 radical (unpaired) electrons. The largest absolute Gasteiger partial charge is 0.261 e. The van der Waals surface area contributed by atoms with Crippen molar-refractivity contribution in [3.63, 3.8) is 0 Å². The fourth-order valence-corrected chi connectivity index (χ4v) is 2.87. The van der Waals surface area contributed by atoms with Crippen LogP contribution in [-0.4, -0.2) is 9.97 Å². The number of thiol groups is 1. The Morgan fingerprint density at radius 2 is 2.25 bits per heavy atom. The Hall–Kier alpha value is -0.650. The molecule has 0 aliphatic heterocycles. The summed E-state index contributed by atoms with van der Waals surface area (Å²) in [6.45, 7) is 1.91.